The standard InChI is InChI=1S/C13H16ClNO2S/c14-12-2-1-10(16)7-11(12)13(17)15-8-9-3-5-18-6-4-9/h1-2,7,9,16H,3-6,8H2,(H,15,17). The van der Waals surface area contributed by atoms with Gasteiger partial charge in [0.05, 0.1) is 10.6 Å². The van der Waals surface area contributed by atoms with Gasteiger partial charge in [-0.3, -0.25) is 4.79 Å². The van der Waals surface area contributed by atoms with Crippen LogP contribution in [-0.2, 0) is 0 Å². The molecule has 0 atom stereocenters. The SMILES string of the molecule is O=C(NCC1CCSCC1)c1cc(O)ccc1Cl. The van der Waals surface area contributed by atoms with Crippen molar-refractivity contribution in [3.8, 4) is 5.75 Å². The number of phenols is 1. The maximum atomic E-state index is 11.9. The van der Waals surface area contributed by atoms with Crippen LogP contribution in [0.3, 0.4) is 0 Å². The lowest BCUT2D eigenvalue weighted by molar-refractivity contribution is 0.0946. The molecule has 1 saturated heterocycles. The molecular formula is C13H16ClNO2S. The van der Waals surface area contributed by atoms with Crippen molar-refractivity contribution in [3.05, 3.63) is 28.8 Å². The van der Waals surface area contributed by atoms with Gasteiger partial charge in [0.15, 0.2) is 0 Å². The van der Waals surface area contributed by atoms with E-state index in [9.17, 15) is 9.90 Å². The molecule has 1 aromatic carbocycles. The number of carbonyl (C=O) groups is 1. The van der Waals surface area contributed by atoms with E-state index in [4.69, 9.17) is 11.6 Å². The molecule has 98 valence electrons. The van der Waals surface area contributed by atoms with Crippen LogP contribution < -0.4 is 5.32 Å². The summed E-state index contributed by atoms with van der Waals surface area (Å²) in [6, 6.07) is 4.40. The van der Waals surface area contributed by atoms with Crippen LogP contribution in [0.5, 0.6) is 5.75 Å². The van der Waals surface area contributed by atoms with E-state index < -0.39 is 0 Å². The van der Waals surface area contributed by atoms with Crippen LogP contribution in [0.1, 0.15) is 23.2 Å². The highest BCUT2D eigenvalue weighted by Gasteiger charge is 2.16. The molecule has 2 rings (SSSR count). The minimum absolute atomic E-state index is 0.0543. The topological polar surface area (TPSA) is 49.3 Å². The molecule has 1 fully saturated rings. The highest BCUT2D eigenvalue weighted by Crippen LogP contribution is 2.23. The van der Waals surface area contributed by atoms with Gasteiger partial charge in [-0.25, -0.2) is 0 Å². The zero-order valence-corrected chi connectivity index (χ0v) is 11.6. The number of hydrogen-bond acceptors (Lipinski definition) is 3. The van der Waals surface area contributed by atoms with Gasteiger partial charge in [0.25, 0.3) is 5.91 Å². The molecule has 2 N–H and O–H groups in total. The first-order chi connectivity index (χ1) is 8.66. The fourth-order valence-corrected chi connectivity index (χ4v) is 3.38. The minimum Gasteiger partial charge on any atom is -0.508 e. The normalized spacial score (nSPS) is 16.5. The van der Waals surface area contributed by atoms with Crippen molar-refractivity contribution in [3.63, 3.8) is 0 Å². The molecule has 0 radical (unpaired) electrons. The number of carbonyl (C=O) groups excluding carboxylic acids is 1. The Morgan fingerprint density at radius 3 is 2.89 bits per heavy atom. The molecule has 1 amide bonds. The molecule has 0 unspecified atom stereocenters. The van der Waals surface area contributed by atoms with Gasteiger partial charge in [0.1, 0.15) is 5.75 Å². The van der Waals surface area contributed by atoms with Crippen molar-refractivity contribution >= 4 is 29.3 Å². The van der Waals surface area contributed by atoms with Crippen LogP contribution in [0.4, 0.5) is 0 Å². The van der Waals surface area contributed by atoms with Gasteiger partial charge in [-0.15, -0.1) is 0 Å². The van der Waals surface area contributed by atoms with Gasteiger partial charge >= 0.3 is 0 Å². The van der Waals surface area contributed by atoms with Crippen LogP contribution in [0.2, 0.25) is 5.02 Å². The predicted octanol–water partition coefficient (Wildman–Crippen LogP) is 2.92. The molecular weight excluding hydrogens is 270 g/mol. The van der Waals surface area contributed by atoms with E-state index in [2.05, 4.69) is 5.32 Å². The maximum Gasteiger partial charge on any atom is 0.252 e. The van der Waals surface area contributed by atoms with E-state index >= 15 is 0 Å². The molecule has 0 aromatic heterocycles. The van der Waals surface area contributed by atoms with Crippen LogP contribution in [-0.4, -0.2) is 29.1 Å². The highest BCUT2D eigenvalue weighted by atomic mass is 35.5. The van der Waals surface area contributed by atoms with E-state index in [1.54, 1.807) is 0 Å². The van der Waals surface area contributed by atoms with Crippen molar-refractivity contribution in [2.45, 2.75) is 12.8 Å². The number of rotatable bonds is 3. The van der Waals surface area contributed by atoms with Crippen LogP contribution >= 0.6 is 23.4 Å². The van der Waals surface area contributed by atoms with Gasteiger partial charge in [0.2, 0.25) is 0 Å². The molecule has 1 aromatic rings. The third-order valence-electron chi connectivity index (χ3n) is 3.09. The Bertz CT molecular complexity index is 433. The molecule has 0 spiro atoms. The quantitative estimate of drug-likeness (QED) is 0.898. The lowest BCUT2D eigenvalue weighted by Gasteiger charge is -2.21. The monoisotopic (exact) mass is 285 g/mol. The predicted molar refractivity (Wildman–Crippen MR) is 75.5 cm³/mol. The van der Waals surface area contributed by atoms with Gasteiger partial charge in [-0.1, -0.05) is 11.6 Å². The Hall–Kier alpha value is -0.870. The average Bonchev–Trinajstić information content (AvgIpc) is 2.40. The molecule has 5 heteroatoms. The summed E-state index contributed by atoms with van der Waals surface area (Å²) in [5.74, 6) is 2.75. The third-order valence-corrected chi connectivity index (χ3v) is 4.47. The number of benzene rings is 1. The molecule has 1 aliphatic rings. The van der Waals surface area contributed by atoms with E-state index in [-0.39, 0.29) is 11.7 Å². The Morgan fingerprint density at radius 2 is 2.17 bits per heavy atom. The Labute approximate surface area is 116 Å². The Balaban J connectivity index is 1.92. The van der Waals surface area contributed by atoms with E-state index in [1.807, 2.05) is 11.8 Å². The summed E-state index contributed by atoms with van der Waals surface area (Å²) in [5, 5.41) is 12.6. The van der Waals surface area contributed by atoms with Crippen molar-refractivity contribution in [1.29, 1.82) is 0 Å². The van der Waals surface area contributed by atoms with Crippen molar-refractivity contribution in [2.24, 2.45) is 5.92 Å². The Morgan fingerprint density at radius 1 is 1.44 bits per heavy atom. The highest BCUT2D eigenvalue weighted by molar-refractivity contribution is 7.99. The molecule has 1 aliphatic heterocycles. The number of thioether (sulfide) groups is 1. The first kappa shape index (κ1) is 13.6. The molecule has 18 heavy (non-hydrogen) atoms. The minimum atomic E-state index is -0.214. The summed E-state index contributed by atoms with van der Waals surface area (Å²) in [5.41, 5.74) is 0.335. The average molecular weight is 286 g/mol. The van der Waals surface area contributed by atoms with E-state index in [0.717, 1.165) is 12.8 Å². The van der Waals surface area contributed by atoms with Gasteiger partial charge < -0.3 is 10.4 Å². The van der Waals surface area contributed by atoms with E-state index in [1.165, 1.54) is 29.7 Å². The molecule has 0 bridgehead atoms. The second-order valence-corrected chi connectivity index (χ2v) is 6.06. The second-order valence-electron chi connectivity index (χ2n) is 4.43. The zero-order chi connectivity index (χ0) is 13.0. The maximum absolute atomic E-state index is 11.9. The lowest BCUT2D eigenvalue weighted by atomic mass is 10.0. The van der Waals surface area contributed by atoms with Crippen molar-refractivity contribution in [2.75, 3.05) is 18.1 Å². The summed E-state index contributed by atoms with van der Waals surface area (Å²) in [6.07, 6.45) is 2.30. The smallest absolute Gasteiger partial charge is 0.252 e. The van der Waals surface area contributed by atoms with Crippen molar-refractivity contribution in [1.82, 2.24) is 5.32 Å². The number of hydrogen-bond donors (Lipinski definition) is 2. The number of halogens is 1. The number of nitrogens with one attached hydrogen (secondary N) is 1. The Kier molecular flexibility index (Phi) is 4.78. The number of aromatic hydroxyl groups is 1. The number of amides is 1. The fraction of sp³-hybridized carbons (Fsp3) is 0.462. The zero-order valence-electron chi connectivity index (χ0n) is 9.99. The van der Waals surface area contributed by atoms with Crippen LogP contribution in [0.15, 0.2) is 18.2 Å². The fourth-order valence-electron chi connectivity index (χ4n) is 1.97. The first-order valence-electron chi connectivity index (χ1n) is 6.01. The van der Waals surface area contributed by atoms with Gasteiger partial charge in [-0.05, 0) is 48.5 Å². The first-order valence-corrected chi connectivity index (χ1v) is 7.54. The van der Waals surface area contributed by atoms with Gasteiger partial charge in [0, 0.05) is 6.54 Å². The molecule has 1 heterocycles. The van der Waals surface area contributed by atoms with Gasteiger partial charge in [-0.2, -0.15) is 11.8 Å². The third kappa shape index (κ3) is 3.56. The number of phenolic OH excluding ortho intramolecular Hbond substituents is 1. The second kappa shape index (κ2) is 6.34. The van der Waals surface area contributed by atoms with Crippen LogP contribution in [0, 0.1) is 5.92 Å². The summed E-state index contributed by atoms with van der Waals surface area (Å²) < 4.78 is 0. The summed E-state index contributed by atoms with van der Waals surface area (Å²) in [6.45, 7) is 0.686. The molecule has 0 saturated carbocycles. The summed E-state index contributed by atoms with van der Waals surface area (Å²) in [7, 11) is 0. The molecule has 0 aliphatic carbocycles. The lowest BCUT2D eigenvalue weighted by Crippen LogP contribution is -2.31. The van der Waals surface area contributed by atoms with Crippen molar-refractivity contribution < 1.29 is 9.90 Å². The molecule has 3 nitrogen and oxygen atoms in total. The van der Waals surface area contributed by atoms with E-state index in [0.29, 0.717) is 23.0 Å². The summed E-state index contributed by atoms with van der Waals surface area (Å²) in [4.78, 5) is 11.9. The summed E-state index contributed by atoms with van der Waals surface area (Å²) >= 11 is 7.90. The van der Waals surface area contributed by atoms with Crippen LogP contribution in [0.25, 0.3) is 0 Å². The largest absolute Gasteiger partial charge is 0.508 e.